The Balaban J connectivity index is 2.30. The summed E-state index contributed by atoms with van der Waals surface area (Å²) in [4.78, 5) is 3.90. The van der Waals surface area contributed by atoms with Crippen LogP contribution in [-0.4, -0.2) is 23.3 Å². The summed E-state index contributed by atoms with van der Waals surface area (Å²) in [6.45, 7) is 9.48. The van der Waals surface area contributed by atoms with Crippen LogP contribution in [0.3, 0.4) is 0 Å². The van der Waals surface area contributed by atoms with Crippen LogP contribution in [0.2, 0.25) is 0 Å². The van der Waals surface area contributed by atoms with E-state index in [1.807, 2.05) is 27.7 Å². The third-order valence-electron chi connectivity index (χ3n) is 3.88. The van der Waals surface area contributed by atoms with Crippen LogP contribution in [0.15, 0.2) is 12.1 Å². The van der Waals surface area contributed by atoms with Crippen molar-refractivity contribution in [2.24, 2.45) is 0 Å². The Hall–Kier alpha value is -1.01. The first kappa shape index (κ1) is 14.4. The fourth-order valence-electron chi connectivity index (χ4n) is 1.93. The standard InChI is InChI=1S/C13H18BF2NO2/c1-8-9(6-7-10(17-8)11(15)16)14-18-12(2,3)13(4,5)19-14/h6-7,11H,1-5H3. The molecule has 0 atom stereocenters. The smallest absolute Gasteiger partial charge is 0.399 e. The highest BCUT2D eigenvalue weighted by molar-refractivity contribution is 6.62. The maximum Gasteiger partial charge on any atom is 0.496 e. The molecular weight excluding hydrogens is 251 g/mol. The van der Waals surface area contributed by atoms with Gasteiger partial charge in [-0.15, -0.1) is 0 Å². The van der Waals surface area contributed by atoms with E-state index >= 15 is 0 Å². The Morgan fingerprint density at radius 1 is 1.11 bits per heavy atom. The summed E-state index contributed by atoms with van der Waals surface area (Å²) in [5, 5.41) is 0. The van der Waals surface area contributed by atoms with Crippen molar-refractivity contribution >= 4 is 12.6 Å². The summed E-state index contributed by atoms with van der Waals surface area (Å²) in [7, 11) is -0.566. The molecular formula is C13H18BF2NO2. The average Bonchev–Trinajstić information content (AvgIpc) is 2.47. The number of nitrogens with zero attached hydrogens (tertiary/aromatic N) is 1. The first-order chi connectivity index (χ1) is 8.64. The zero-order valence-corrected chi connectivity index (χ0v) is 11.8. The van der Waals surface area contributed by atoms with Crippen LogP contribution in [0.5, 0.6) is 0 Å². The Morgan fingerprint density at radius 2 is 1.63 bits per heavy atom. The average molecular weight is 269 g/mol. The van der Waals surface area contributed by atoms with Crippen molar-refractivity contribution in [3.05, 3.63) is 23.5 Å². The molecule has 1 aliphatic rings. The van der Waals surface area contributed by atoms with Crippen LogP contribution in [0, 0.1) is 6.92 Å². The van der Waals surface area contributed by atoms with E-state index in [0.29, 0.717) is 11.2 Å². The topological polar surface area (TPSA) is 31.4 Å². The molecule has 104 valence electrons. The molecule has 3 nitrogen and oxygen atoms in total. The molecule has 1 saturated heterocycles. The molecule has 1 aromatic rings. The van der Waals surface area contributed by atoms with Crippen molar-refractivity contribution in [1.29, 1.82) is 0 Å². The van der Waals surface area contributed by atoms with Crippen molar-refractivity contribution in [3.8, 4) is 0 Å². The van der Waals surface area contributed by atoms with Crippen molar-refractivity contribution in [2.75, 3.05) is 0 Å². The third kappa shape index (κ3) is 2.51. The first-order valence-corrected chi connectivity index (χ1v) is 6.25. The van der Waals surface area contributed by atoms with Gasteiger partial charge in [-0.05, 0) is 40.7 Å². The van der Waals surface area contributed by atoms with Crippen LogP contribution < -0.4 is 5.46 Å². The largest absolute Gasteiger partial charge is 0.496 e. The fourth-order valence-corrected chi connectivity index (χ4v) is 1.93. The lowest BCUT2D eigenvalue weighted by atomic mass is 9.78. The predicted molar refractivity (Wildman–Crippen MR) is 69.6 cm³/mol. The van der Waals surface area contributed by atoms with Crippen molar-refractivity contribution < 1.29 is 18.1 Å². The molecule has 0 aromatic carbocycles. The summed E-state index contributed by atoms with van der Waals surface area (Å²) in [5.74, 6) is 0. The number of alkyl halides is 2. The molecule has 0 spiro atoms. The minimum Gasteiger partial charge on any atom is -0.399 e. The number of halogens is 2. The number of hydrogen-bond acceptors (Lipinski definition) is 3. The van der Waals surface area contributed by atoms with Gasteiger partial charge < -0.3 is 9.31 Å². The Bertz CT molecular complexity index is 476. The molecule has 0 aliphatic carbocycles. The van der Waals surface area contributed by atoms with Gasteiger partial charge in [0.2, 0.25) is 0 Å². The Labute approximate surface area is 112 Å². The summed E-state index contributed by atoms with van der Waals surface area (Å²) >= 11 is 0. The van der Waals surface area contributed by atoms with Gasteiger partial charge in [-0.2, -0.15) is 0 Å². The van der Waals surface area contributed by atoms with Crippen LogP contribution in [0.1, 0.15) is 45.5 Å². The molecule has 0 bridgehead atoms. The minimum absolute atomic E-state index is 0.224. The van der Waals surface area contributed by atoms with Gasteiger partial charge in [0, 0.05) is 11.2 Å². The molecule has 1 aliphatic heterocycles. The predicted octanol–water partition coefficient (Wildman–Crippen LogP) is 2.63. The SMILES string of the molecule is Cc1nc(C(F)F)ccc1B1OC(C)(C)C(C)(C)O1. The van der Waals surface area contributed by atoms with Gasteiger partial charge >= 0.3 is 7.12 Å². The third-order valence-corrected chi connectivity index (χ3v) is 3.88. The lowest BCUT2D eigenvalue weighted by molar-refractivity contribution is 0.00578. The maximum absolute atomic E-state index is 12.6. The lowest BCUT2D eigenvalue weighted by Crippen LogP contribution is -2.41. The lowest BCUT2D eigenvalue weighted by Gasteiger charge is -2.32. The van der Waals surface area contributed by atoms with E-state index in [0.717, 1.165) is 0 Å². The van der Waals surface area contributed by atoms with E-state index in [4.69, 9.17) is 9.31 Å². The quantitative estimate of drug-likeness (QED) is 0.773. The molecule has 1 fully saturated rings. The summed E-state index contributed by atoms with van der Waals surface area (Å²) < 4.78 is 36.9. The molecule has 1 aromatic heterocycles. The van der Waals surface area contributed by atoms with E-state index in [9.17, 15) is 8.78 Å². The van der Waals surface area contributed by atoms with Gasteiger partial charge in [0.25, 0.3) is 6.43 Å². The van der Waals surface area contributed by atoms with Crippen LogP contribution in [0.25, 0.3) is 0 Å². The number of rotatable bonds is 2. The second kappa shape index (κ2) is 4.53. The number of pyridine rings is 1. The summed E-state index contributed by atoms with van der Waals surface area (Å²) in [6, 6.07) is 2.92. The van der Waals surface area contributed by atoms with Gasteiger partial charge in [0.1, 0.15) is 5.69 Å². The highest BCUT2D eigenvalue weighted by Crippen LogP contribution is 2.36. The highest BCUT2D eigenvalue weighted by Gasteiger charge is 2.52. The Kier molecular flexibility index (Phi) is 3.43. The van der Waals surface area contributed by atoms with Crippen LogP contribution in [0.4, 0.5) is 8.78 Å². The molecule has 0 amide bonds. The van der Waals surface area contributed by atoms with Gasteiger partial charge in [-0.1, -0.05) is 6.07 Å². The molecule has 0 unspecified atom stereocenters. The van der Waals surface area contributed by atoms with Crippen molar-refractivity contribution in [3.63, 3.8) is 0 Å². The van der Waals surface area contributed by atoms with Crippen molar-refractivity contribution in [2.45, 2.75) is 52.2 Å². The van der Waals surface area contributed by atoms with Crippen LogP contribution >= 0.6 is 0 Å². The van der Waals surface area contributed by atoms with Gasteiger partial charge in [-0.3, -0.25) is 4.98 Å². The molecule has 19 heavy (non-hydrogen) atoms. The van der Waals surface area contributed by atoms with Crippen LogP contribution in [-0.2, 0) is 9.31 Å². The minimum atomic E-state index is -2.56. The monoisotopic (exact) mass is 269 g/mol. The van der Waals surface area contributed by atoms with E-state index in [-0.39, 0.29) is 5.69 Å². The summed E-state index contributed by atoms with van der Waals surface area (Å²) in [5.41, 5.74) is 0.0777. The van der Waals surface area contributed by atoms with E-state index in [1.165, 1.54) is 6.07 Å². The molecule has 0 radical (unpaired) electrons. The molecule has 6 heteroatoms. The number of aromatic nitrogens is 1. The fraction of sp³-hybridized carbons (Fsp3) is 0.615. The van der Waals surface area contributed by atoms with Crippen molar-refractivity contribution in [1.82, 2.24) is 4.98 Å². The van der Waals surface area contributed by atoms with Gasteiger partial charge in [0.05, 0.1) is 11.2 Å². The van der Waals surface area contributed by atoms with E-state index in [1.54, 1.807) is 13.0 Å². The first-order valence-electron chi connectivity index (χ1n) is 6.25. The number of hydrogen-bond donors (Lipinski definition) is 0. The maximum atomic E-state index is 12.6. The van der Waals surface area contributed by atoms with E-state index < -0.39 is 24.7 Å². The number of aryl methyl sites for hydroxylation is 1. The second-order valence-corrected chi connectivity index (χ2v) is 5.80. The molecule has 2 heterocycles. The normalized spacial score (nSPS) is 21.2. The summed E-state index contributed by atoms with van der Waals surface area (Å²) in [6.07, 6.45) is -2.56. The second-order valence-electron chi connectivity index (χ2n) is 5.80. The van der Waals surface area contributed by atoms with Gasteiger partial charge in [0.15, 0.2) is 0 Å². The molecule has 0 saturated carbocycles. The highest BCUT2D eigenvalue weighted by atomic mass is 19.3. The van der Waals surface area contributed by atoms with E-state index in [2.05, 4.69) is 4.98 Å². The van der Waals surface area contributed by atoms with Gasteiger partial charge in [-0.25, -0.2) is 8.78 Å². The zero-order chi connectivity index (χ0) is 14.4. The molecule has 2 rings (SSSR count). The zero-order valence-electron chi connectivity index (χ0n) is 11.8. The molecule has 0 N–H and O–H groups in total. The Morgan fingerprint density at radius 3 is 2.05 bits per heavy atom.